The minimum Gasteiger partial charge on any atom is -0.454 e. The molecule has 2 heterocycles. The molecule has 2 aromatic carbocycles. The average molecular weight is 383 g/mol. The molecule has 0 saturated carbocycles. The van der Waals surface area contributed by atoms with E-state index in [1.54, 1.807) is 6.20 Å². The number of halogens is 1. The lowest BCUT2D eigenvalue weighted by Crippen LogP contribution is -2.09. The molecule has 0 amide bonds. The first-order valence-corrected chi connectivity index (χ1v) is 9.08. The molecule has 1 aliphatic heterocycles. The minimum absolute atomic E-state index is 0.277. The predicted molar refractivity (Wildman–Crippen MR) is 106 cm³/mol. The lowest BCUT2D eigenvalue weighted by molar-refractivity contribution is 0.174. The van der Waals surface area contributed by atoms with Crippen LogP contribution >= 0.6 is 11.6 Å². The lowest BCUT2D eigenvalue weighted by Gasteiger charge is -2.09. The zero-order valence-electron chi connectivity index (χ0n) is 14.6. The zero-order valence-corrected chi connectivity index (χ0v) is 15.4. The second kappa shape index (κ2) is 8.14. The molecule has 3 aromatic rings. The number of ether oxygens (including phenoxy) is 2. The van der Waals surface area contributed by atoms with Gasteiger partial charge in [-0.3, -0.25) is 0 Å². The summed E-state index contributed by atoms with van der Waals surface area (Å²) in [5, 5.41) is 7.30. The van der Waals surface area contributed by atoms with E-state index in [2.05, 4.69) is 20.6 Å². The maximum absolute atomic E-state index is 5.91. The molecule has 0 spiro atoms. The van der Waals surface area contributed by atoms with Crippen LogP contribution < -0.4 is 20.1 Å². The van der Waals surface area contributed by atoms with Gasteiger partial charge in [-0.2, -0.15) is 4.98 Å². The van der Waals surface area contributed by atoms with Gasteiger partial charge in [-0.15, -0.1) is 0 Å². The van der Waals surface area contributed by atoms with E-state index in [0.717, 1.165) is 40.9 Å². The normalized spacial score (nSPS) is 12.0. The van der Waals surface area contributed by atoms with Crippen LogP contribution in [0.3, 0.4) is 0 Å². The van der Waals surface area contributed by atoms with Crippen molar-refractivity contribution in [3.63, 3.8) is 0 Å². The van der Waals surface area contributed by atoms with Gasteiger partial charge in [0.15, 0.2) is 11.5 Å². The Labute approximate surface area is 162 Å². The maximum Gasteiger partial charge on any atom is 0.231 e. The first-order chi connectivity index (χ1) is 13.3. The van der Waals surface area contributed by atoms with Gasteiger partial charge in [-0.25, -0.2) is 4.98 Å². The van der Waals surface area contributed by atoms with Gasteiger partial charge in [-0.05, 0) is 47.9 Å². The Bertz CT molecular complexity index is 918. The summed E-state index contributed by atoms with van der Waals surface area (Å²) in [5.41, 5.74) is 2.30. The summed E-state index contributed by atoms with van der Waals surface area (Å²) in [6.07, 6.45) is 2.63. The number of aromatic nitrogens is 2. The van der Waals surface area contributed by atoms with Crippen molar-refractivity contribution in [1.29, 1.82) is 0 Å². The Morgan fingerprint density at radius 2 is 1.74 bits per heavy atom. The van der Waals surface area contributed by atoms with Crippen LogP contribution in [0.25, 0.3) is 0 Å². The summed E-state index contributed by atoms with van der Waals surface area (Å²) >= 11 is 5.91. The fraction of sp³-hybridized carbons (Fsp3) is 0.200. The second-order valence-electron chi connectivity index (χ2n) is 6.11. The summed E-state index contributed by atoms with van der Waals surface area (Å²) in [4.78, 5) is 8.77. The highest BCUT2D eigenvalue weighted by atomic mass is 35.5. The standard InChI is InChI=1S/C20H19ClN4O2/c21-16-4-1-14(2-5-16)7-9-22-19-8-10-23-20(25-19)24-12-15-3-6-17-18(11-15)27-13-26-17/h1-6,8,10-11H,7,9,12-13H2,(H2,22,23,24,25). The Morgan fingerprint density at radius 3 is 2.63 bits per heavy atom. The van der Waals surface area contributed by atoms with Crippen molar-refractivity contribution in [3.05, 3.63) is 70.9 Å². The van der Waals surface area contributed by atoms with Gasteiger partial charge in [0.25, 0.3) is 0 Å². The van der Waals surface area contributed by atoms with Gasteiger partial charge in [0.2, 0.25) is 12.7 Å². The molecule has 1 aliphatic rings. The number of nitrogens with one attached hydrogen (secondary N) is 2. The quantitative estimate of drug-likeness (QED) is 0.640. The Balaban J connectivity index is 1.30. The lowest BCUT2D eigenvalue weighted by atomic mass is 10.1. The second-order valence-corrected chi connectivity index (χ2v) is 6.55. The van der Waals surface area contributed by atoms with Crippen molar-refractivity contribution in [3.8, 4) is 11.5 Å². The van der Waals surface area contributed by atoms with Crippen LogP contribution in [0.4, 0.5) is 11.8 Å². The van der Waals surface area contributed by atoms with E-state index in [0.29, 0.717) is 12.5 Å². The van der Waals surface area contributed by atoms with Crippen LogP contribution in [0, 0.1) is 0 Å². The van der Waals surface area contributed by atoms with Gasteiger partial charge < -0.3 is 20.1 Å². The van der Waals surface area contributed by atoms with E-state index < -0.39 is 0 Å². The maximum atomic E-state index is 5.91. The third-order valence-corrected chi connectivity index (χ3v) is 4.43. The molecular formula is C20H19ClN4O2. The molecule has 0 unspecified atom stereocenters. The number of fused-ring (bicyclic) bond motifs is 1. The summed E-state index contributed by atoms with van der Waals surface area (Å²) in [5.74, 6) is 2.91. The fourth-order valence-corrected chi connectivity index (χ4v) is 2.89. The first-order valence-electron chi connectivity index (χ1n) is 8.70. The van der Waals surface area contributed by atoms with Crippen LogP contribution in [0.15, 0.2) is 54.7 Å². The van der Waals surface area contributed by atoms with Crippen LogP contribution in [0.1, 0.15) is 11.1 Å². The molecule has 4 rings (SSSR count). The smallest absolute Gasteiger partial charge is 0.231 e. The molecule has 2 N–H and O–H groups in total. The zero-order chi connectivity index (χ0) is 18.5. The van der Waals surface area contributed by atoms with Crippen molar-refractivity contribution in [2.45, 2.75) is 13.0 Å². The van der Waals surface area contributed by atoms with Crippen LogP contribution in [-0.4, -0.2) is 23.3 Å². The third-order valence-electron chi connectivity index (χ3n) is 4.18. The van der Waals surface area contributed by atoms with Gasteiger partial charge in [-0.1, -0.05) is 29.8 Å². The molecule has 0 radical (unpaired) electrons. The number of anilines is 2. The molecule has 0 aliphatic carbocycles. The highest BCUT2D eigenvalue weighted by molar-refractivity contribution is 6.30. The van der Waals surface area contributed by atoms with E-state index in [-0.39, 0.29) is 6.79 Å². The SMILES string of the molecule is Clc1ccc(CCNc2ccnc(NCc3ccc4c(c3)OCO4)n2)cc1. The molecule has 1 aromatic heterocycles. The third kappa shape index (κ3) is 4.60. The Hall–Kier alpha value is -2.99. The predicted octanol–water partition coefficient (Wildman–Crippen LogP) is 4.13. The molecule has 0 atom stereocenters. The molecule has 7 heteroatoms. The monoisotopic (exact) mass is 382 g/mol. The Kier molecular flexibility index (Phi) is 5.25. The number of hydrogen-bond acceptors (Lipinski definition) is 6. The minimum atomic E-state index is 0.277. The number of nitrogens with zero attached hydrogens (tertiary/aromatic N) is 2. The fourth-order valence-electron chi connectivity index (χ4n) is 2.76. The summed E-state index contributed by atoms with van der Waals surface area (Å²) in [6, 6.07) is 15.6. The first kappa shape index (κ1) is 17.4. The van der Waals surface area contributed by atoms with Crippen molar-refractivity contribution < 1.29 is 9.47 Å². The van der Waals surface area contributed by atoms with E-state index in [9.17, 15) is 0 Å². The summed E-state index contributed by atoms with van der Waals surface area (Å²) in [7, 11) is 0. The van der Waals surface area contributed by atoms with E-state index in [1.807, 2.05) is 48.5 Å². The average Bonchev–Trinajstić information content (AvgIpc) is 3.16. The number of rotatable bonds is 7. The van der Waals surface area contributed by atoms with E-state index in [4.69, 9.17) is 21.1 Å². The molecule has 0 saturated heterocycles. The van der Waals surface area contributed by atoms with Crippen molar-refractivity contribution in [1.82, 2.24) is 9.97 Å². The highest BCUT2D eigenvalue weighted by Crippen LogP contribution is 2.32. The Morgan fingerprint density at radius 1 is 0.926 bits per heavy atom. The van der Waals surface area contributed by atoms with Crippen LogP contribution in [0.2, 0.25) is 5.02 Å². The van der Waals surface area contributed by atoms with Gasteiger partial charge in [0, 0.05) is 24.3 Å². The van der Waals surface area contributed by atoms with Crippen LogP contribution in [-0.2, 0) is 13.0 Å². The van der Waals surface area contributed by atoms with E-state index >= 15 is 0 Å². The van der Waals surface area contributed by atoms with Gasteiger partial charge in [0.05, 0.1) is 0 Å². The molecule has 0 fully saturated rings. The molecule has 138 valence electrons. The van der Waals surface area contributed by atoms with E-state index in [1.165, 1.54) is 5.56 Å². The van der Waals surface area contributed by atoms with Crippen molar-refractivity contribution in [2.24, 2.45) is 0 Å². The van der Waals surface area contributed by atoms with Gasteiger partial charge in [0.1, 0.15) is 5.82 Å². The number of benzene rings is 2. The topological polar surface area (TPSA) is 68.3 Å². The van der Waals surface area contributed by atoms with Crippen molar-refractivity contribution >= 4 is 23.4 Å². The summed E-state index contributed by atoms with van der Waals surface area (Å²) < 4.78 is 10.7. The summed E-state index contributed by atoms with van der Waals surface area (Å²) in [6.45, 7) is 1.66. The van der Waals surface area contributed by atoms with Crippen molar-refractivity contribution in [2.75, 3.05) is 24.0 Å². The molecule has 6 nitrogen and oxygen atoms in total. The number of hydrogen-bond donors (Lipinski definition) is 2. The largest absolute Gasteiger partial charge is 0.454 e. The molecule has 0 bridgehead atoms. The highest BCUT2D eigenvalue weighted by Gasteiger charge is 2.13. The molecular weight excluding hydrogens is 364 g/mol. The van der Waals surface area contributed by atoms with Crippen LogP contribution in [0.5, 0.6) is 11.5 Å². The molecule has 27 heavy (non-hydrogen) atoms. The van der Waals surface area contributed by atoms with Gasteiger partial charge >= 0.3 is 0 Å².